The van der Waals surface area contributed by atoms with Crippen molar-refractivity contribution < 1.29 is 28.3 Å². The number of piperazine rings is 1. The second kappa shape index (κ2) is 13.3. The standard InChI is InChI=1S/C33H42FN5O5/c1-33(2,3)44-32(43)35-27(30(41)38-21-24-7-4-5-8-25(24)22-38)19-29(40)39-14-6-9-28(39)31(42)37-17-15-36(16-18-37)20-23-10-12-26(34)13-11-23/h4-5,7-8,10-13,27-28H,6,9,14-22H2,1-3H3,(H,35,43)/t27-,28-/m0/s1. The van der Waals surface area contributed by atoms with Crippen molar-refractivity contribution in [3.8, 4) is 0 Å². The number of benzene rings is 2. The third kappa shape index (κ3) is 7.74. The fraction of sp³-hybridized carbons (Fsp3) is 0.515. The molecule has 0 aliphatic carbocycles. The van der Waals surface area contributed by atoms with Gasteiger partial charge in [0.15, 0.2) is 0 Å². The molecule has 0 aromatic heterocycles. The van der Waals surface area contributed by atoms with Crippen molar-refractivity contribution in [1.82, 2.24) is 24.9 Å². The number of rotatable bonds is 7. The van der Waals surface area contributed by atoms with Gasteiger partial charge in [-0.2, -0.15) is 0 Å². The first-order valence-corrected chi connectivity index (χ1v) is 15.4. The number of alkyl carbamates (subject to hydrolysis) is 1. The molecule has 2 fully saturated rings. The lowest BCUT2D eigenvalue weighted by Crippen LogP contribution is -2.55. The molecule has 0 radical (unpaired) electrons. The summed E-state index contributed by atoms with van der Waals surface area (Å²) in [7, 11) is 0. The summed E-state index contributed by atoms with van der Waals surface area (Å²) in [6.07, 6.45) is 0.208. The first kappa shape index (κ1) is 31.4. The lowest BCUT2D eigenvalue weighted by molar-refractivity contribution is -0.146. The molecule has 11 heteroatoms. The Labute approximate surface area is 258 Å². The van der Waals surface area contributed by atoms with Crippen LogP contribution in [0.2, 0.25) is 0 Å². The fourth-order valence-corrected chi connectivity index (χ4v) is 6.16. The normalized spacial score (nSPS) is 19.5. The number of carbonyl (C=O) groups is 4. The predicted octanol–water partition coefficient (Wildman–Crippen LogP) is 3.29. The molecule has 0 spiro atoms. The average molecular weight is 608 g/mol. The molecule has 0 unspecified atom stereocenters. The number of likely N-dealkylation sites (tertiary alicyclic amines) is 1. The van der Waals surface area contributed by atoms with E-state index >= 15 is 0 Å². The van der Waals surface area contributed by atoms with Crippen molar-refractivity contribution in [3.63, 3.8) is 0 Å². The first-order chi connectivity index (χ1) is 21.0. The van der Waals surface area contributed by atoms with Crippen LogP contribution in [0.4, 0.5) is 9.18 Å². The largest absolute Gasteiger partial charge is 0.444 e. The number of nitrogens with one attached hydrogen (secondary N) is 1. The Bertz CT molecular complexity index is 1340. The van der Waals surface area contributed by atoms with Gasteiger partial charge in [0, 0.05) is 52.4 Å². The number of ether oxygens (including phenoxy) is 1. The first-order valence-electron chi connectivity index (χ1n) is 15.4. The summed E-state index contributed by atoms with van der Waals surface area (Å²) in [6.45, 7) is 9.52. The maximum atomic E-state index is 13.7. The van der Waals surface area contributed by atoms with Gasteiger partial charge in [0.25, 0.3) is 0 Å². The van der Waals surface area contributed by atoms with Gasteiger partial charge in [-0.15, -0.1) is 0 Å². The van der Waals surface area contributed by atoms with E-state index in [1.54, 1.807) is 47.6 Å². The molecule has 10 nitrogen and oxygen atoms in total. The smallest absolute Gasteiger partial charge is 0.408 e. The molecule has 2 saturated heterocycles. The molecule has 0 saturated carbocycles. The Kier molecular flexibility index (Phi) is 9.53. The minimum Gasteiger partial charge on any atom is -0.444 e. The minimum absolute atomic E-state index is 0.0877. The van der Waals surface area contributed by atoms with Crippen molar-refractivity contribution in [2.45, 2.75) is 77.4 Å². The van der Waals surface area contributed by atoms with Crippen LogP contribution >= 0.6 is 0 Å². The molecule has 4 amide bonds. The highest BCUT2D eigenvalue weighted by Crippen LogP contribution is 2.25. The van der Waals surface area contributed by atoms with Crippen molar-refractivity contribution >= 4 is 23.8 Å². The van der Waals surface area contributed by atoms with Gasteiger partial charge in [-0.1, -0.05) is 36.4 Å². The summed E-state index contributed by atoms with van der Waals surface area (Å²) in [6, 6.07) is 12.5. The quantitative estimate of drug-likeness (QED) is 0.519. The molecule has 5 rings (SSSR count). The highest BCUT2D eigenvalue weighted by molar-refractivity contribution is 5.93. The number of halogens is 1. The van der Waals surface area contributed by atoms with E-state index in [4.69, 9.17) is 4.74 Å². The highest BCUT2D eigenvalue weighted by atomic mass is 19.1. The molecular formula is C33H42FN5O5. The second-order valence-electron chi connectivity index (χ2n) is 12.8. The highest BCUT2D eigenvalue weighted by Gasteiger charge is 2.40. The zero-order valence-corrected chi connectivity index (χ0v) is 25.8. The Morgan fingerprint density at radius 3 is 2.16 bits per heavy atom. The molecule has 2 aromatic carbocycles. The maximum Gasteiger partial charge on any atom is 0.408 e. The summed E-state index contributed by atoms with van der Waals surface area (Å²) < 4.78 is 18.7. The summed E-state index contributed by atoms with van der Waals surface area (Å²) in [5.41, 5.74) is 2.30. The van der Waals surface area contributed by atoms with Crippen molar-refractivity contribution in [3.05, 3.63) is 71.0 Å². The number of hydrogen-bond donors (Lipinski definition) is 1. The number of hydrogen-bond acceptors (Lipinski definition) is 6. The zero-order chi connectivity index (χ0) is 31.4. The van der Waals surface area contributed by atoms with Gasteiger partial charge in [-0.3, -0.25) is 19.3 Å². The number of nitrogens with zero attached hydrogens (tertiary/aromatic N) is 4. The van der Waals surface area contributed by atoms with Gasteiger partial charge >= 0.3 is 6.09 Å². The van der Waals surface area contributed by atoms with E-state index in [1.165, 1.54) is 12.1 Å². The van der Waals surface area contributed by atoms with E-state index in [-0.39, 0.29) is 30.0 Å². The molecule has 0 bridgehead atoms. The summed E-state index contributed by atoms with van der Waals surface area (Å²) >= 11 is 0. The average Bonchev–Trinajstić information content (AvgIpc) is 3.65. The monoisotopic (exact) mass is 607 g/mol. The Balaban J connectivity index is 1.21. The molecule has 3 heterocycles. The SMILES string of the molecule is CC(C)(C)OC(=O)N[C@@H](CC(=O)N1CCC[C@H]1C(=O)N1CCN(Cc2ccc(F)cc2)CC1)C(=O)N1Cc2ccccc2C1. The number of amides is 4. The second-order valence-corrected chi connectivity index (χ2v) is 12.8. The van der Waals surface area contributed by atoms with E-state index < -0.39 is 23.8 Å². The Morgan fingerprint density at radius 2 is 1.55 bits per heavy atom. The lowest BCUT2D eigenvalue weighted by atomic mass is 10.1. The van der Waals surface area contributed by atoms with Gasteiger partial charge in [0.05, 0.1) is 6.42 Å². The van der Waals surface area contributed by atoms with Gasteiger partial charge in [-0.05, 0) is 62.4 Å². The summed E-state index contributed by atoms with van der Waals surface area (Å²) in [4.78, 5) is 61.0. The molecule has 236 valence electrons. The van der Waals surface area contributed by atoms with Crippen LogP contribution < -0.4 is 5.32 Å². The molecule has 3 aliphatic heterocycles. The zero-order valence-electron chi connectivity index (χ0n) is 25.8. The minimum atomic E-state index is -1.13. The molecule has 44 heavy (non-hydrogen) atoms. The van der Waals surface area contributed by atoms with Gasteiger partial charge in [-0.25, -0.2) is 9.18 Å². The maximum absolute atomic E-state index is 13.7. The van der Waals surface area contributed by atoms with Crippen molar-refractivity contribution in [2.75, 3.05) is 32.7 Å². The summed E-state index contributed by atoms with van der Waals surface area (Å²) in [5, 5.41) is 2.65. The van der Waals surface area contributed by atoms with Crippen LogP contribution in [0.15, 0.2) is 48.5 Å². The number of carbonyl (C=O) groups excluding carboxylic acids is 4. The van der Waals surface area contributed by atoms with Gasteiger partial charge in [0.1, 0.15) is 23.5 Å². The fourth-order valence-electron chi connectivity index (χ4n) is 6.16. The topological polar surface area (TPSA) is 102 Å². The molecule has 2 aromatic rings. The number of fused-ring (bicyclic) bond motifs is 1. The molecule has 1 N–H and O–H groups in total. The molecular weight excluding hydrogens is 565 g/mol. The Morgan fingerprint density at radius 1 is 0.909 bits per heavy atom. The van der Waals surface area contributed by atoms with Crippen LogP contribution in [0.3, 0.4) is 0 Å². The lowest BCUT2D eigenvalue weighted by Gasteiger charge is -2.37. The summed E-state index contributed by atoms with van der Waals surface area (Å²) in [5.74, 6) is -1.06. The van der Waals surface area contributed by atoms with Crippen LogP contribution in [-0.4, -0.2) is 93.8 Å². The van der Waals surface area contributed by atoms with Crippen LogP contribution in [0, 0.1) is 5.82 Å². The van der Waals surface area contributed by atoms with E-state index in [0.29, 0.717) is 65.2 Å². The predicted molar refractivity (Wildman–Crippen MR) is 161 cm³/mol. The van der Waals surface area contributed by atoms with E-state index in [1.807, 2.05) is 24.3 Å². The Hall–Kier alpha value is -3.99. The van der Waals surface area contributed by atoms with Crippen LogP contribution in [0.1, 0.15) is 56.7 Å². The van der Waals surface area contributed by atoms with Crippen LogP contribution in [0.25, 0.3) is 0 Å². The molecule has 3 aliphatic rings. The third-order valence-electron chi connectivity index (χ3n) is 8.38. The van der Waals surface area contributed by atoms with Crippen molar-refractivity contribution in [1.29, 1.82) is 0 Å². The van der Waals surface area contributed by atoms with Gasteiger partial charge < -0.3 is 24.8 Å². The van der Waals surface area contributed by atoms with E-state index in [9.17, 15) is 23.6 Å². The van der Waals surface area contributed by atoms with Crippen molar-refractivity contribution in [2.24, 2.45) is 0 Å². The molecule has 2 atom stereocenters. The van der Waals surface area contributed by atoms with Gasteiger partial charge in [0.2, 0.25) is 17.7 Å². The van der Waals surface area contributed by atoms with Crippen LogP contribution in [-0.2, 0) is 38.8 Å². The van der Waals surface area contributed by atoms with Crippen LogP contribution in [0.5, 0.6) is 0 Å². The van der Waals surface area contributed by atoms with E-state index in [2.05, 4.69) is 10.2 Å². The third-order valence-corrected chi connectivity index (χ3v) is 8.38. The van der Waals surface area contributed by atoms with E-state index in [0.717, 1.165) is 16.7 Å².